The standard InChI is InChI=1S/C24H41N9O7/c1-13(31-23(39)18(25)14(2)34)20(36)33-16(8-5-11-30-24(27)28)21(37)32-15(19(26)35)7-3-4-10-29-22(38)17-9-6-12-40-17/h6,9,12-16,18,34H,3-5,7-8,10-11,25H2,1-2H3,(H2,26,35)(H,29,38)(H,31,39)(H,32,37)(H,33,36)(H4,27,28,30)/t13-,14+,15-,16-,18-/m0/s1. The number of hydrogen-bond acceptors (Lipinski definition) is 9. The van der Waals surface area contributed by atoms with Gasteiger partial charge in [-0.05, 0) is 58.1 Å². The molecule has 0 fully saturated rings. The third-order valence-electron chi connectivity index (χ3n) is 5.76. The second kappa shape index (κ2) is 17.4. The van der Waals surface area contributed by atoms with Crippen molar-refractivity contribution >= 4 is 35.5 Å². The molecule has 0 aliphatic rings. The Morgan fingerprint density at radius 1 is 0.925 bits per heavy atom. The van der Waals surface area contributed by atoms with Gasteiger partial charge in [0.2, 0.25) is 23.6 Å². The van der Waals surface area contributed by atoms with Crippen molar-refractivity contribution < 1.29 is 33.5 Å². The molecule has 1 rings (SSSR count). The van der Waals surface area contributed by atoms with Crippen molar-refractivity contribution in [2.24, 2.45) is 27.9 Å². The quantitative estimate of drug-likeness (QED) is 0.0489. The van der Waals surface area contributed by atoms with Crippen molar-refractivity contribution in [2.75, 3.05) is 13.1 Å². The molecule has 1 heterocycles. The number of amides is 5. The molecule has 0 bridgehead atoms. The van der Waals surface area contributed by atoms with Crippen LogP contribution in [0.5, 0.6) is 0 Å². The molecule has 16 heteroatoms. The fourth-order valence-electron chi connectivity index (χ4n) is 3.39. The van der Waals surface area contributed by atoms with Gasteiger partial charge in [-0.2, -0.15) is 0 Å². The topological polar surface area (TPSA) is 283 Å². The molecule has 0 aromatic carbocycles. The van der Waals surface area contributed by atoms with Gasteiger partial charge in [-0.3, -0.25) is 29.0 Å². The molecule has 16 nitrogen and oxygen atoms in total. The molecular weight excluding hydrogens is 526 g/mol. The number of carbonyl (C=O) groups excluding carboxylic acids is 5. The molecule has 0 aliphatic heterocycles. The van der Waals surface area contributed by atoms with Gasteiger partial charge in [0, 0.05) is 13.1 Å². The van der Waals surface area contributed by atoms with Crippen molar-refractivity contribution in [2.45, 2.75) is 76.2 Å². The summed E-state index contributed by atoms with van der Waals surface area (Å²) in [6.45, 7) is 3.20. The average molecular weight is 568 g/mol. The normalized spacial score (nSPS) is 14.5. The number of hydrogen-bond donors (Lipinski definition) is 9. The number of aliphatic hydroxyl groups is 1. The van der Waals surface area contributed by atoms with Crippen molar-refractivity contribution in [1.29, 1.82) is 0 Å². The molecule has 0 spiro atoms. The van der Waals surface area contributed by atoms with E-state index in [0.29, 0.717) is 25.8 Å². The lowest BCUT2D eigenvalue weighted by Gasteiger charge is -2.24. The highest BCUT2D eigenvalue weighted by atomic mass is 16.3. The number of primary amides is 1. The molecule has 40 heavy (non-hydrogen) atoms. The van der Waals surface area contributed by atoms with Gasteiger partial charge in [-0.15, -0.1) is 0 Å². The third-order valence-corrected chi connectivity index (χ3v) is 5.76. The van der Waals surface area contributed by atoms with Crippen molar-refractivity contribution in [3.63, 3.8) is 0 Å². The summed E-state index contributed by atoms with van der Waals surface area (Å²) in [5, 5.41) is 19.6. The zero-order chi connectivity index (χ0) is 30.2. The van der Waals surface area contributed by atoms with E-state index in [4.69, 9.17) is 27.4 Å². The Hall–Kier alpha value is -4.18. The Kier molecular flexibility index (Phi) is 14.7. The van der Waals surface area contributed by atoms with Gasteiger partial charge in [0.25, 0.3) is 5.91 Å². The number of furan rings is 1. The van der Waals surface area contributed by atoms with Crippen LogP contribution in [0, 0.1) is 0 Å². The minimum atomic E-state index is -1.25. The maximum absolute atomic E-state index is 13.0. The number of carbonyl (C=O) groups is 5. The number of aliphatic hydroxyl groups excluding tert-OH is 1. The number of rotatable bonds is 18. The zero-order valence-electron chi connectivity index (χ0n) is 22.7. The van der Waals surface area contributed by atoms with Crippen LogP contribution in [0.2, 0.25) is 0 Å². The van der Waals surface area contributed by atoms with Crippen molar-refractivity contribution in [3.8, 4) is 0 Å². The van der Waals surface area contributed by atoms with E-state index in [-0.39, 0.29) is 37.0 Å². The van der Waals surface area contributed by atoms with Crippen LogP contribution in [0.3, 0.4) is 0 Å². The molecule has 5 atom stereocenters. The summed E-state index contributed by atoms with van der Waals surface area (Å²) in [6, 6.07) is -1.36. The lowest BCUT2D eigenvalue weighted by molar-refractivity contribution is -0.133. The minimum absolute atomic E-state index is 0.104. The number of nitrogens with two attached hydrogens (primary N) is 4. The molecule has 0 radical (unpaired) electrons. The van der Waals surface area contributed by atoms with Crippen LogP contribution in [0.25, 0.3) is 0 Å². The summed E-state index contributed by atoms with van der Waals surface area (Å²) in [5.74, 6) is -3.22. The first-order valence-corrected chi connectivity index (χ1v) is 12.8. The maximum Gasteiger partial charge on any atom is 0.286 e. The van der Waals surface area contributed by atoms with E-state index in [9.17, 15) is 29.1 Å². The van der Waals surface area contributed by atoms with Gasteiger partial charge < -0.3 is 53.7 Å². The van der Waals surface area contributed by atoms with Crippen molar-refractivity contribution in [3.05, 3.63) is 24.2 Å². The third kappa shape index (κ3) is 12.6. The monoisotopic (exact) mass is 567 g/mol. The summed E-state index contributed by atoms with van der Waals surface area (Å²) in [7, 11) is 0. The molecule has 5 amide bonds. The van der Waals surface area contributed by atoms with Gasteiger partial charge in [0.15, 0.2) is 11.7 Å². The minimum Gasteiger partial charge on any atom is -0.459 e. The van der Waals surface area contributed by atoms with Crippen molar-refractivity contribution in [1.82, 2.24) is 21.3 Å². The Morgan fingerprint density at radius 2 is 1.57 bits per heavy atom. The van der Waals surface area contributed by atoms with E-state index < -0.39 is 53.9 Å². The van der Waals surface area contributed by atoms with E-state index in [2.05, 4.69) is 26.3 Å². The Bertz CT molecular complexity index is 1010. The number of nitrogens with one attached hydrogen (secondary N) is 4. The maximum atomic E-state index is 13.0. The molecule has 0 saturated carbocycles. The fraction of sp³-hybridized carbons (Fsp3) is 0.583. The molecule has 13 N–H and O–H groups in total. The van der Waals surface area contributed by atoms with Crippen LogP contribution >= 0.6 is 0 Å². The van der Waals surface area contributed by atoms with E-state index >= 15 is 0 Å². The van der Waals surface area contributed by atoms with E-state index in [1.165, 1.54) is 26.2 Å². The lowest BCUT2D eigenvalue weighted by Crippen LogP contribution is -2.57. The number of unbranched alkanes of at least 4 members (excludes halogenated alkanes) is 1. The van der Waals surface area contributed by atoms with Gasteiger partial charge >= 0.3 is 0 Å². The van der Waals surface area contributed by atoms with Crippen LogP contribution < -0.4 is 44.2 Å². The zero-order valence-corrected chi connectivity index (χ0v) is 22.7. The Balaban J connectivity index is 2.73. The van der Waals surface area contributed by atoms with Gasteiger partial charge in [0.1, 0.15) is 24.2 Å². The average Bonchev–Trinajstić information content (AvgIpc) is 3.43. The fourth-order valence-corrected chi connectivity index (χ4v) is 3.39. The first kappa shape index (κ1) is 33.8. The molecule has 1 aromatic rings. The Morgan fingerprint density at radius 3 is 2.15 bits per heavy atom. The van der Waals surface area contributed by atoms with Crippen LogP contribution in [-0.2, 0) is 19.2 Å². The summed E-state index contributed by atoms with van der Waals surface area (Å²) < 4.78 is 5.01. The molecule has 224 valence electrons. The number of guanidine groups is 1. The van der Waals surface area contributed by atoms with Crippen LogP contribution in [0.4, 0.5) is 0 Å². The Labute approximate surface area is 232 Å². The molecular formula is C24H41N9O7. The first-order chi connectivity index (χ1) is 18.8. The van der Waals surface area contributed by atoms with E-state index in [0.717, 1.165) is 0 Å². The van der Waals surface area contributed by atoms with Gasteiger partial charge in [-0.1, -0.05) is 0 Å². The summed E-state index contributed by atoms with van der Waals surface area (Å²) >= 11 is 0. The predicted molar refractivity (Wildman–Crippen MR) is 145 cm³/mol. The van der Waals surface area contributed by atoms with E-state index in [1.807, 2.05) is 0 Å². The molecule has 0 saturated heterocycles. The largest absolute Gasteiger partial charge is 0.459 e. The highest BCUT2D eigenvalue weighted by Gasteiger charge is 2.28. The van der Waals surface area contributed by atoms with Gasteiger partial charge in [-0.25, -0.2) is 0 Å². The predicted octanol–water partition coefficient (Wildman–Crippen LogP) is -3.10. The summed E-state index contributed by atoms with van der Waals surface area (Å²) in [5.41, 5.74) is 21.7. The number of nitrogens with zero attached hydrogens (tertiary/aromatic N) is 1. The SMILES string of the molecule is C[C@H](NC(=O)[C@@H](N)[C@@H](C)O)C(=O)N[C@@H](CCCN=C(N)N)C(=O)N[C@@H](CCCCNC(=O)c1ccco1)C(N)=O. The molecule has 0 aliphatic carbocycles. The van der Waals surface area contributed by atoms with Gasteiger partial charge in [0.05, 0.1) is 12.4 Å². The van der Waals surface area contributed by atoms with Crippen LogP contribution in [0.1, 0.15) is 56.5 Å². The highest BCUT2D eigenvalue weighted by Crippen LogP contribution is 2.06. The smallest absolute Gasteiger partial charge is 0.286 e. The first-order valence-electron chi connectivity index (χ1n) is 12.8. The molecule has 0 unspecified atom stereocenters. The van der Waals surface area contributed by atoms with Crippen LogP contribution in [-0.4, -0.2) is 84.0 Å². The summed E-state index contributed by atoms with van der Waals surface area (Å²) in [4.78, 5) is 65.6. The van der Waals surface area contributed by atoms with E-state index in [1.54, 1.807) is 6.07 Å². The summed E-state index contributed by atoms with van der Waals surface area (Å²) in [6.07, 6.45) is 1.79. The molecule has 1 aromatic heterocycles. The number of aliphatic imine (C=N–C) groups is 1. The second-order valence-electron chi connectivity index (χ2n) is 9.20. The second-order valence-corrected chi connectivity index (χ2v) is 9.20. The van der Waals surface area contributed by atoms with Crippen LogP contribution in [0.15, 0.2) is 27.8 Å². The lowest BCUT2D eigenvalue weighted by atomic mass is 10.1. The highest BCUT2D eigenvalue weighted by molar-refractivity contribution is 5.94.